The SMILES string of the molecule is Cc1nc2ccccc2n1CCNC(=O)c1ccccc1SCC(=O)N(C)C1CCCCC1. The first-order valence-corrected chi connectivity index (χ1v) is 12.7. The van der Waals surface area contributed by atoms with E-state index in [2.05, 4.69) is 14.9 Å². The Labute approximate surface area is 199 Å². The van der Waals surface area contributed by atoms with Gasteiger partial charge in [-0.05, 0) is 44.0 Å². The number of carbonyl (C=O) groups excluding carboxylic acids is 2. The minimum absolute atomic E-state index is 0.117. The van der Waals surface area contributed by atoms with Crippen molar-refractivity contribution in [2.45, 2.75) is 56.5 Å². The summed E-state index contributed by atoms with van der Waals surface area (Å²) in [5.41, 5.74) is 2.65. The summed E-state index contributed by atoms with van der Waals surface area (Å²) in [4.78, 5) is 33.0. The summed E-state index contributed by atoms with van der Waals surface area (Å²) in [7, 11) is 1.92. The molecular formula is C26H32N4O2S. The number of hydrogen-bond donors (Lipinski definition) is 1. The lowest BCUT2D eigenvalue weighted by molar-refractivity contribution is -0.129. The maximum atomic E-state index is 12.9. The molecule has 0 radical (unpaired) electrons. The first-order valence-electron chi connectivity index (χ1n) is 11.7. The number of para-hydroxylation sites is 2. The number of nitrogens with one attached hydrogen (secondary N) is 1. The molecule has 2 amide bonds. The Morgan fingerprint density at radius 3 is 2.64 bits per heavy atom. The first-order chi connectivity index (χ1) is 16.0. The molecule has 1 fully saturated rings. The standard InChI is InChI=1S/C26H32N4O2S/c1-19-28-22-13-7-8-14-23(22)30(19)17-16-27-26(32)21-12-6-9-15-24(21)33-18-25(31)29(2)20-10-4-3-5-11-20/h6-9,12-15,20H,3-5,10-11,16-18H2,1-2H3,(H,27,32). The van der Waals surface area contributed by atoms with E-state index in [1.807, 2.05) is 67.4 Å². The minimum atomic E-state index is -0.117. The highest BCUT2D eigenvalue weighted by molar-refractivity contribution is 8.00. The minimum Gasteiger partial charge on any atom is -0.350 e. The Balaban J connectivity index is 1.34. The van der Waals surface area contributed by atoms with Crippen LogP contribution in [0.25, 0.3) is 11.0 Å². The van der Waals surface area contributed by atoms with Crippen molar-refractivity contribution in [1.82, 2.24) is 19.8 Å². The summed E-state index contributed by atoms with van der Waals surface area (Å²) in [5.74, 6) is 1.29. The molecule has 1 heterocycles. The molecule has 1 saturated carbocycles. The molecule has 1 N–H and O–H groups in total. The van der Waals surface area contributed by atoms with Crippen LogP contribution in [-0.4, -0.2) is 51.7 Å². The summed E-state index contributed by atoms with van der Waals surface area (Å²) < 4.78 is 2.12. The molecule has 6 nitrogen and oxygen atoms in total. The highest BCUT2D eigenvalue weighted by Gasteiger charge is 2.22. The highest BCUT2D eigenvalue weighted by atomic mass is 32.2. The number of rotatable bonds is 8. The summed E-state index contributed by atoms with van der Waals surface area (Å²) in [6, 6.07) is 15.9. The van der Waals surface area contributed by atoms with Crippen molar-refractivity contribution < 1.29 is 9.59 Å². The van der Waals surface area contributed by atoms with Gasteiger partial charge in [-0.2, -0.15) is 0 Å². The van der Waals surface area contributed by atoms with Crippen molar-refractivity contribution in [2.75, 3.05) is 19.3 Å². The number of amides is 2. The molecule has 0 saturated heterocycles. The molecule has 0 spiro atoms. The number of hydrogen-bond acceptors (Lipinski definition) is 4. The zero-order chi connectivity index (χ0) is 23.2. The number of aryl methyl sites for hydroxylation is 1. The largest absolute Gasteiger partial charge is 0.350 e. The lowest BCUT2D eigenvalue weighted by Gasteiger charge is -2.31. The van der Waals surface area contributed by atoms with E-state index in [1.54, 1.807) is 0 Å². The van der Waals surface area contributed by atoms with Crippen LogP contribution in [0.2, 0.25) is 0 Å². The fourth-order valence-electron chi connectivity index (χ4n) is 4.55. The molecule has 3 aromatic rings. The predicted molar refractivity (Wildman–Crippen MR) is 134 cm³/mol. The van der Waals surface area contributed by atoms with Gasteiger partial charge in [-0.3, -0.25) is 9.59 Å². The maximum absolute atomic E-state index is 12.9. The van der Waals surface area contributed by atoms with Gasteiger partial charge in [-0.1, -0.05) is 43.5 Å². The molecule has 2 aromatic carbocycles. The lowest BCUT2D eigenvalue weighted by Crippen LogP contribution is -2.39. The molecule has 33 heavy (non-hydrogen) atoms. The Hall–Kier alpha value is -2.80. The van der Waals surface area contributed by atoms with Gasteiger partial charge in [-0.15, -0.1) is 11.8 Å². The van der Waals surface area contributed by atoms with Gasteiger partial charge in [0.25, 0.3) is 5.91 Å². The Bertz CT molecular complexity index is 1120. The monoisotopic (exact) mass is 464 g/mol. The number of aromatic nitrogens is 2. The van der Waals surface area contributed by atoms with Crippen molar-refractivity contribution in [3.8, 4) is 0 Å². The van der Waals surface area contributed by atoms with Crippen LogP contribution in [-0.2, 0) is 11.3 Å². The van der Waals surface area contributed by atoms with Crippen molar-refractivity contribution in [3.63, 3.8) is 0 Å². The maximum Gasteiger partial charge on any atom is 0.252 e. The molecule has 0 unspecified atom stereocenters. The van der Waals surface area contributed by atoms with Crippen LogP contribution in [0.15, 0.2) is 53.4 Å². The molecule has 4 rings (SSSR count). The smallest absolute Gasteiger partial charge is 0.252 e. The van der Waals surface area contributed by atoms with Gasteiger partial charge in [0.15, 0.2) is 0 Å². The zero-order valence-electron chi connectivity index (χ0n) is 19.4. The van der Waals surface area contributed by atoms with Crippen LogP contribution in [0.5, 0.6) is 0 Å². The van der Waals surface area contributed by atoms with Gasteiger partial charge in [0.2, 0.25) is 5.91 Å². The van der Waals surface area contributed by atoms with Crippen LogP contribution in [0, 0.1) is 6.92 Å². The summed E-state index contributed by atoms with van der Waals surface area (Å²) in [6.45, 7) is 3.13. The fraction of sp³-hybridized carbons (Fsp3) is 0.423. The van der Waals surface area contributed by atoms with E-state index in [9.17, 15) is 9.59 Å². The number of carbonyl (C=O) groups is 2. The first kappa shape index (κ1) is 23.4. The van der Waals surface area contributed by atoms with Crippen molar-refractivity contribution in [3.05, 3.63) is 59.9 Å². The predicted octanol–water partition coefficient (Wildman–Crippen LogP) is 4.66. The molecule has 1 aliphatic rings. The lowest BCUT2D eigenvalue weighted by atomic mass is 9.94. The van der Waals surface area contributed by atoms with E-state index in [1.165, 1.54) is 31.0 Å². The van der Waals surface area contributed by atoms with Crippen LogP contribution in [0.3, 0.4) is 0 Å². The quantitative estimate of drug-likeness (QED) is 0.493. The zero-order valence-corrected chi connectivity index (χ0v) is 20.2. The average Bonchev–Trinajstić information content (AvgIpc) is 3.17. The molecule has 0 atom stereocenters. The Morgan fingerprint density at radius 1 is 1.09 bits per heavy atom. The third kappa shape index (κ3) is 5.58. The fourth-order valence-corrected chi connectivity index (χ4v) is 5.52. The van der Waals surface area contributed by atoms with Crippen molar-refractivity contribution in [1.29, 1.82) is 0 Å². The van der Waals surface area contributed by atoms with E-state index in [-0.39, 0.29) is 11.8 Å². The molecule has 174 valence electrons. The highest BCUT2D eigenvalue weighted by Crippen LogP contribution is 2.26. The van der Waals surface area contributed by atoms with Gasteiger partial charge in [0, 0.05) is 31.1 Å². The molecule has 0 bridgehead atoms. The number of fused-ring (bicyclic) bond motifs is 1. The molecule has 1 aliphatic carbocycles. The van der Waals surface area contributed by atoms with Crippen LogP contribution in [0.4, 0.5) is 0 Å². The molecular weight excluding hydrogens is 432 g/mol. The number of imidazole rings is 1. The summed E-state index contributed by atoms with van der Waals surface area (Å²) in [5, 5.41) is 3.04. The second-order valence-corrected chi connectivity index (χ2v) is 9.65. The number of nitrogens with zero attached hydrogens (tertiary/aromatic N) is 3. The molecule has 7 heteroatoms. The van der Waals surface area contributed by atoms with E-state index >= 15 is 0 Å². The van der Waals surface area contributed by atoms with E-state index < -0.39 is 0 Å². The van der Waals surface area contributed by atoms with Crippen molar-refractivity contribution in [2.24, 2.45) is 0 Å². The second kappa shape index (κ2) is 10.9. The van der Waals surface area contributed by atoms with E-state index in [0.717, 1.165) is 34.6 Å². The Kier molecular flexibility index (Phi) is 7.70. The third-order valence-corrected chi connectivity index (χ3v) is 7.52. The molecule has 0 aliphatic heterocycles. The van der Waals surface area contributed by atoms with E-state index in [4.69, 9.17) is 0 Å². The summed E-state index contributed by atoms with van der Waals surface area (Å²) in [6.07, 6.45) is 5.86. The van der Waals surface area contributed by atoms with Gasteiger partial charge in [0.05, 0.1) is 22.3 Å². The number of thioether (sulfide) groups is 1. The van der Waals surface area contributed by atoms with Gasteiger partial charge < -0.3 is 14.8 Å². The third-order valence-electron chi connectivity index (χ3n) is 6.47. The van der Waals surface area contributed by atoms with Gasteiger partial charge in [-0.25, -0.2) is 4.98 Å². The van der Waals surface area contributed by atoms with E-state index in [0.29, 0.717) is 30.4 Å². The second-order valence-electron chi connectivity index (χ2n) is 8.64. The van der Waals surface area contributed by atoms with Crippen LogP contribution < -0.4 is 5.32 Å². The normalized spacial score (nSPS) is 14.4. The van der Waals surface area contributed by atoms with Gasteiger partial charge in [0.1, 0.15) is 5.82 Å². The Morgan fingerprint density at radius 2 is 1.82 bits per heavy atom. The average molecular weight is 465 g/mol. The van der Waals surface area contributed by atoms with Crippen LogP contribution in [0.1, 0.15) is 48.3 Å². The molecule has 1 aromatic heterocycles. The van der Waals surface area contributed by atoms with Gasteiger partial charge >= 0.3 is 0 Å². The topological polar surface area (TPSA) is 67.2 Å². The van der Waals surface area contributed by atoms with Crippen LogP contribution >= 0.6 is 11.8 Å². The summed E-state index contributed by atoms with van der Waals surface area (Å²) >= 11 is 1.44. The number of benzene rings is 2. The van der Waals surface area contributed by atoms with Crippen molar-refractivity contribution >= 4 is 34.6 Å².